The molecule has 2 aliphatic heterocycles. The van der Waals surface area contributed by atoms with Gasteiger partial charge >= 0.3 is 0 Å². The lowest BCUT2D eigenvalue weighted by Gasteiger charge is -2.26. The summed E-state index contributed by atoms with van der Waals surface area (Å²) in [6.07, 6.45) is 0. The van der Waals surface area contributed by atoms with Crippen LogP contribution < -0.4 is 5.32 Å². The molecule has 1 atom stereocenters. The number of carbonyl (C=O) groups excluding carboxylic acids is 2. The van der Waals surface area contributed by atoms with Crippen molar-refractivity contribution in [1.82, 2.24) is 9.80 Å². The van der Waals surface area contributed by atoms with E-state index in [1.807, 2.05) is 48.2 Å². The monoisotopic (exact) mass is 427 g/mol. The molecule has 5 nitrogen and oxygen atoms in total. The minimum atomic E-state index is -0.449. The smallest absolute Gasteiger partial charge is 0.255 e. The van der Waals surface area contributed by atoms with Gasteiger partial charge in [0, 0.05) is 48.1 Å². The average molecular weight is 428 g/mol. The number of rotatable bonds is 5. The normalized spacial score (nSPS) is 19.9. The fourth-order valence-electron chi connectivity index (χ4n) is 3.60. The third-order valence-corrected chi connectivity index (χ3v) is 7.13. The van der Waals surface area contributed by atoms with Crippen LogP contribution in [0.1, 0.15) is 15.9 Å². The van der Waals surface area contributed by atoms with Crippen LogP contribution in [0.3, 0.4) is 0 Å². The van der Waals surface area contributed by atoms with Gasteiger partial charge in [0.2, 0.25) is 5.91 Å². The van der Waals surface area contributed by atoms with Crippen LogP contribution in [0.5, 0.6) is 0 Å². The van der Waals surface area contributed by atoms with Crippen molar-refractivity contribution in [2.24, 2.45) is 0 Å². The first-order valence-corrected chi connectivity index (χ1v) is 12.2. The molecule has 0 aromatic heterocycles. The molecule has 2 aliphatic rings. The number of nitrogens with zero attached hydrogens (tertiary/aromatic N) is 2. The second kappa shape index (κ2) is 9.69. The Kier molecular flexibility index (Phi) is 6.79. The summed E-state index contributed by atoms with van der Waals surface area (Å²) in [4.78, 5) is 29.9. The molecule has 2 aromatic rings. The molecule has 7 heteroatoms. The van der Waals surface area contributed by atoms with E-state index in [1.165, 1.54) is 17.1 Å². The van der Waals surface area contributed by atoms with Crippen molar-refractivity contribution in [2.75, 3.05) is 41.5 Å². The summed E-state index contributed by atoms with van der Waals surface area (Å²) in [7, 11) is 0. The van der Waals surface area contributed by atoms with E-state index in [4.69, 9.17) is 0 Å². The molecule has 2 fully saturated rings. The van der Waals surface area contributed by atoms with Crippen LogP contribution in [-0.4, -0.2) is 63.9 Å². The van der Waals surface area contributed by atoms with E-state index >= 15 is 0 Å². The molecule has 0 radical (unpaired) electrons. The molecule has 0 aliphatic carbocycles. The lowest BCUT2D eigenvalue weighted by molar-refractivity contribution is -0.119. The van der Waals surface area contributed by atoms with Gasteiger partial charge in [0.15, 0.2) is 0 Å². The van der Waals surface area contributed by atoms with E-state index in [0.717, 1.165) is 25.3 Å². The summed E-state index contributed by atoms with van der Waals surface area (Å²) in [5.41, 5.74) is 2.62. The minimum absolute atomic E-state index is 0.0903. The van der Waals surface area contributed by atoms with Crippen LogP contribution in [0, 0.1) is 0 Å². The van der Waals surface area contributed by atoms with Gasteiger partial charge in [-0.2, -0.15) is 11.8 Å². The van der Waals surface area contributed by atoms with Crippen LogP contribution in [-0.2, 0) is 11.3 Å². The van der Waals surface area contributed by atoms with Gasteiger partial charge in [-0.25, -0.2) is 0 Å². The first kappa shape index (κ1) is 20.3. The first-order valence-electron chi connectivity index (χ1n) is 9.84. The van der Waals surface area contributed by atoms with Crippen molar-refractivity contribution in [2.45, 2.75) is 12.6 Å². The Bertz CT molecular complexity index is 856. The SMILES string of the molecule is O=C(Nc1cccc(CN2CCSCC2)c1)C1CSCN1C(=O)c1ccccc1. The van der Waals surface area contributed by atoms with Crippen LogP contribution >= 0.6 is 23.5 Å². The minimum Gasteiger partial charge on any atom is -0.324 e. The summed E-state index contributed by atoms with van der Waals surface area (Å²) in [6, 6.07) is 16.8. The molecular weight excluding hydrogens is 402 g/mol. The van der Waals surface area contributed by atoms with Gasteiger partial charge in [-0.05, 0) is 29.8 Å². The van der Waals surface area contributed by atoms with Crippen LogP contribution in [0.2, 0.25) is 0 Å². The Morgan fingerprint density at radius 3 is 2.59 bits per heavy atom. The number of benzene rings is 2. The van der Waals surface area contributed by atoms with Crippen molar-refractivity contribution in [3.8, 4) is 0 Å². The number of thioether (sulfide) groups is 2. The fraction of sp³-hybridized carbons (Fsp3) is 0.364. The lowest BCUT2D eigenvalue weighted by Crippen LogP contribution is -2.44. The molecule has 2 aromatic carbocycles. The largest absolute Gasteiger partial charge is 0.324 e. The number of hydrogen-bond acceptors (Lipinski definition) is 5. The Balaban J connectivity index is 1.40. The summed E-state index contributed by atoms with van der Waals surface area (Å²) < 4.78 is 0. The highest BCUT2D eigenvalue weighted by atomic mass is 32.2. The molecule has 1 unspecified atom stereocenters. The lowest BCUT2D eigenvalue weighted by atomic mass is 10.1. The average Bonchev–Trinajstić information content (AvgIpc) is 3.25. The maximum atomic E-state index is 12.9. The maximum Gasteiger partial charge on any atom is 0.255 e. The van der Waals surface area contributed by atoms with Crippen molar-refractivity contribution in [3.05, 3.63) is 65.7 Å². The third-order valence-electron chi connectivity index (χ3n) is 5.17. The van der Waals surface area contributed by atoms with Gasteiger partial charge in [-0.15, -0.1) is 11.8 Å². The number of nitrogens with one attached hydrogen (secondary N) is 1. The Morgan fingerprint density at radius 1 is 1.00 bits per heavy atom. The summed E-state index contributed by atoms with van der Waals surface area (Å²) in [5, 5.41) is 3.03. The van der Waals surface area contributed by atoms with Gasteiger partial charge in [-0.1, -0.05) is 30.3 Å². The maximum absolute atomic E-state index is 12.9. The quantitative estimate of drug-likeness (QED) is 0.793. The van der Waals surface area contributed by atoms with E-state index < -0.39 is 6.04 Å². The van der Waals surface area contributed by atoms with Gasteiger partial charge in [0.1, 0.15) is 6.04 Å². The number of carbonyl (C=O) groups is 2. The number of amides is 2. The predicted octanol–water partition coefficient (Wildman–Crippen LogP) is 3.39. The molecule has 0 spiro atoms. The zero-order valence-electron chi connectivity index (χ0n) is 16.3. The summed E-state index contributed by atoms with van der Waals surface area (Å²) in [6.45, 7) is 3.12. The number of hydrogen-bond donors (Lipinski definition) is 1. The molecule has 29 heavy (non-hydrogen) atoms. The Labute approximate surface area is 180 Å². The molecule has 0 saturated carbocycles. The van der Waals surface area contributed by atoms with Crippen LogP contribution in [0.15, 0.2) is 54.6 Å². The van der Waals surface area contributed by atoms with Gasteiger partial charge in [-0.3, -0.25) is 14.5 Å². The fourth-order valence-corrected chi connectivity index (χ4v) is 5.73. The third kappa shape index (κ3) is 5.15. The molecule has 152 valence electrons. The van der Waals surface area contributed by atoms with E-state index in [-0.39, 0.29) is 11.8 Å². The standard InChI is InChI=1S/C22H25N3O2S2/c26-21(20-15-29-16-25(20)22(27)18-6-2-1-3-7-18)23-19-8-4-5-17(13-19)14-24-9-11-28-12-10-24/h1-8,13,20H,9-12,14-16H2,(H,23,26). The van der Waals surface area contributed by atoms with Gasteiger partial charge < -0.3 is 10.2 Å². The van der Waals surface area contributed by atoms with Crippen LogP contribution in [0.25, 0.3) is 0 Å². The van der Waals surface area contributed by atoms with E-state index in [2.05, 4.69) is 16.3 Å². The Morgan fingerprint density at radius 2 is 1.79 bits per heavy atom. The zero-order valence-corrected chi connectivity index (χ0v) is 17.9. The topological polar surface area (TPSA) is 52.7 Å². The highest BCUT2D eigenvalue weighted by Gasteiger charge is 2.35. The van der Waals surface area contributed by atoms with E-state index in [0.29, 0.717) is 17.2 Å². The molecule has 2 saturated heterocycles. The first-order chi connectivity index (χ1) is 14.2. The summed E-state index contributed by atoms with van der Waals surface area (Å²) >= 11 is 3.62. The van der Waals surface area contributed by atoms with E-state index in [1.54, 1.807) is 28.8 Å². The van der Waals surface area contributed by atoms with Gasteiger partial charge in [0.25, 0.3) is 5.91 Å². The van der Waals surface area contributed by atoms with Crippen LogP contribution in [0.4, 0.5) is 5.69 Å². The second-order valence-corrected chi connectivity index (χ2v) is 9.46. The highest BCUT2D eigenvalue weighted by Crippen LogP contribution is 2.25. The molecule has 0 bridgehead atoms. The molecular formula is C22H25N3O2S2. The summed E-state index contributed by atoms with van der Waals surface area (Å²) in [5.74, 6) is 3.31. The highest BCUT2D eigenvalue weighted by molar-refractivity contribution is 7.99. The van der Waals surface area contributed by atoms with Crippen molar-refractivity contribution >= 4 is 41.0 Å². The molecule has 2 heterocycles. The van der Waals surface area contributed by atoms with Crippen molar-refractivity contribution < 1.29 is 9.59 Å². The van der Waals surface area contributed by atoms with Gasteiger partial charge in [0.05, 0.1) is 5.88 Å². The second-order valence-electron chi connectivity index (χ2n) is 7.23. The predicted molar refractivity (Wildman–Crippen MR) is 121 cm³/mol. The van der Waals surface area contributed by atoms with E-state index in [9.17, 15) is 9.59 Å². The van der Waals surface area contributed by atoms with Crippen molar-refractivity contribution in [3.63, 3.8) is 0 Å². The molecule has 2 amide bonds. The molecule has 4 rings (SSSR count). The zero-order chi connectivity index (χ0) is 20.1. The molecule has 1 N–H and O–H groups in total. The number of anilines is 1. The van der Waals surface area contributed by atoms with Crippen molar-refractivity contribution in [1.29, 1.82) is 0 Å². The Hall–Kier alpha value is -1.96.